The number of esters is 1. The van der Waals surface area contributed by atoms with Gasteiger partial charge in [0.1, 0.15) is 6.21 Å². The van der Waals surface area contributed by atoms with Crippen LogP contribution in [0.25, 0.3) is 0 Å². The van der Waals surface area contributed by atoms with E-state index in [1.807, 2.05) is 38.2 Å². The van der Waals surface area contributed by atoms with Crippen LogP contribution in [-0.4, -0.2) is 23.5 Å². The van der Waals surface area contributed by atoms with Gasteiger partial charge < -0.3 is 57.9 Å². The fraction of sp³-hybridized carbons (Fsp3) is 0.294. The minimum absolute atomic E-state index is 0. The van der Waals surface area contributed by atoms with Crippen LogP contribution in [0.5, 0.6) is 0 Å². The summed E-state index contributed by atoms with van der Waals surface area (Å²) in [6.07, 6.45) is 6.52. The standard InChI is InChI=1S/C17H20N3O4.2HI/c1-14(2)24-17(21)15-6-9-19(10-7-15)12-23-13-20-8-4-3-5-16(20)11-18-22;;/h3-11,14H,12-13H2,1-2H3;2*1H/q+1;;/p-1. The highest BCUT2D eigenvalue weighted by atomic mass is 127. The highest BCUT2D eigenvalue weighted by molar-refractivity contribution is 5.89. The Labute approximate surface area is 186 Å². The van der Waals surface area contributed by atoms with Crippen LogP contribution in [0.4, 0.5) is 0 Å². The number of hydrogen-bond donors (Lipinski definition) is 1. The topological polar surface area (TPSA) is 75.9 Å². The van der Waals surface area contributed by atoms with Crippen LogP contribution >= 0.6 is 0 Å². The molecular formula is C17H21I2N3O4. The first-order valence-corrected chi connectivity index (χ1v) is 7.54. The van der Waals surface area contributed by atoms with Crippen molar-refractivity contribution in [3.8, 4) is 0 Å². The van der Waals surface area contributed by atoms with Crippen molar-refractivity contribution in [2.45, 2.75) is 33.4 Å². The van der Waals surface area contributed by atoms with E-state index in [0.29, 0.717) is 19.0 Å². The van der Waals surface area contributed by atoms with E-state index >= 15 is 0 Å². The van der Waals surface area contributed by atoms with Crippen LogP contribution in [0.1, 0.15) is 29.9 Å². The third kappa shape index (κ3) is 7.91. The van der Waals surface area contributed by atoms with Crippen molar-refractivity contribution in [3.05, 3.63) is 60.2 Å². The Balaban J connectivity index is 0.00000312. The molecule has 0 aromatic carbocycles. The summed E-state index contributed by atoms with van der Waals surface area (Å²) in [5, 5.41) is 11.7. The normalized spacial score (nSPS) is 10.3. The molecule has 2 aromatic rings. The molecule has 7 nitrogen and oxygen atoms in total. The van der Waals surface area contributed by atoms with Crippen LogP contribution < -0.4 is 57.1 Å². The smallest absolute Gasteiger partial charge is 0.338 e. The quantitative estimate of drug-likeness (QED) is 0.0886. The molecule has 0 amide bonds. The number of hydrogen-bond acceptors (Lipinski definition) is 5. The maximum Gasteiger partial charge on any atom is 0.338 e. The highest BCUT2D eigenvalue weighted by Gasteiger charge is 2.12. The molecular weight excluding hydrogens is 564 g/mol. The van der Waals surface area contributed by atoms with Crippen molar-refractivity contribution in [3.63, 3.8) is 0 Å². The molecule has 1 N–H and O–H groups in total. The second-order valence-corrected chi connectivity index (χ2v) is 5.36. The Hall–Kier alpha value is -1.34. The molecule has 0 aliphatic rings. The van der Waals surface area contributed by atoms with Crippen molar-refractivity contribution in [2.75, 3.05) is 0 Å². The zero-order chi connectivity index (χ0) is 17.4. The number of rotatable bonds is 7. The van der Waals surface area contributed by atoms with Crippen LogP contribution in [0, 0.1) is 0 Å². The predicted octanol–water partition coefficient (Wildman–Crippen LogP) is -4.73. The molecule has 0 aliphatic heterocycles. The molecule has 142 valence electrons. The monoisotopic (exact) mass is 585 g/mol. The number of nitrogens with zero attached hydrogens (tertiary/aromatic N) is 3. The summed E-state index contributed by atoms with van der Waals surface area (Å²) in [5.41, 5.74) is 1.22. The average Bonchev–Trinajstić information content (AvgIpc) is 2.56. The van der Waals surface area contributed by atoms with Gasteiger partial charge in [-0.25, -0.2) is 4.79 Å². The molecule has 0 radical (unpaired) electrons. The van der Waals surface area contributed by atoms with Gasteiger partial charge in [0.25, 0.3) is 13.5 Å². The van der Waals surface area contributed by atoms with Crippen LogP contribution in [0.15, 0.2) is 54.1 Å². The van der Waals surface area contributed by atoms with Crippen molar-refractivity contribution >= 4 is 12.2 Å². The number of aromatic nitrogens is 2. The minimum Gasteiger partial charge on any atom is -1.00 e. The van der Waals surface area contributed by atoms with Gasteiger partial charge in [0, 0.05) is 24.3 Å². The molecule has 0 fully saturated rings. The number of oxime groups is 1. The molecule has 0 spiro atoms. The van der Waals surface area contributed by atoms with Crippen molar-refractivity contribution < 1.29 is 76.6 Å². The van der Waals surface area contributed by atoms with E-state index in [-0.39, 0.29) is 60.0 Å². The summed E-state index contributed by atoms with van der Waals surface area (Å²) in [5.74, 6) is -0.342. The molecule has 26 heavy (non-hydrogen) atoms. The first-order chi connectivity index (χ1) is 11.6. The lowest BCUT2D eigenvalue weighted by Gasteiger charge is -2.06. The summed E-state index contributed by atoms with van der Waals surface area (Å²) >= 11 is 0. The Bertz CT molecular complexity index is 709. The van der Waals surface area contributed by atoms with Gasteiger partial charge in [-0.1, -0.05) is 5.16 Å². The lowest BCUT2D eigenvalue weighted by molar-refractivity contribution is -0.788. The summed E-state index contributed by atoms with van der Waals surface area (Å²) in [7, 11) is 0. The van der Waals surface area contributed by atoms with E-state index in [4.69, 9.17) is 14.7 Å². The van der Waals surface area contributed by atoms with Crippen molar-refractivity contribution in [2.24, 2.45) is 5.16 Å². The van der Waals surface area contributed by atoms with E-state index in [1.54, 1.807) is 33.7 Å². The van der Waals surface area contributed by atoms with Crippen LogP contribution in [-0.2, 0) is 22.9 Å². The zero-order valence-corrected chi connectivity index (χ0v) is 18.8. The molecule has 9 heteroatoms. The molecule has 0 saturated carbocycles. The maximum atomic E-state index is 11.8. The second kappa shape index (κ2) is 12.9. The van der Waals surface area contributed by atoms with Gasteiger partial charge in [-0.2, -0.15) is 9.13 Å². The Morgan fingerprint density at radius 2 is 1.85 bits per heavy atom. The van der Waals surface area contributed by atoms with Crippen molar-refractivity contribution in [1.29, 1.82) is 0 Å². The number of ether oxygens (including phenoxy) is 2. The van der Waals surface area contributed by atoms with Gasteiger partial charge >= 0.3 is 5.97 Å². The second-order valence-electron chi connectivity index (χ2n) is 5.36. The van der Waals surface area contributed by atoms with E-state index in [2.05, 4.69) is 5.16 Å². The van der Waals surface area contributed by atoms with E-state index in [0.717, 1.165) is 5.69 Å². The minimum atomic E-state index is -0.342. The van der Waals surface area contributed by atoms with Gasteiger partial charge in [-0.3, -0.25) is 4.74 Å². The first-order valence-electron chi connectivity index (χ1n) is 7.54. The third-order valence-corrected chi connectivity index (χ3v) is 3.11. The lowest BCUT2D eigenvalue weighted by atomic mass is 10.3. The largest absolute Gasteiger partial charge is 1.00 e. The van der Waals surface area contributed by atoms with E-state index in [1.165, 1.54) is 6.21 Å². The molecule has 0 aliphatic carbocycles. The molecule has 0 unspecified atom stereocenters. The average molecular weight is 585 g/mol. The summed E-state index contributed by atoms with van der Waals surface area (Å²) in [6.45, 7) is 4.24. The van der Waals surface area contributed by atoms with Gasteiger partial charge in [0.05, 0.1) is 11.7 Å². The SMILES string of the molecule is CC(C)OC(=O)c1cc[n+](COC[n+]2ccccc2C=NO)cc1.[I-].[I-]. The summed E-state index contributed by atoms with van der Waals surface area (Å²) in [4.78, 5) is 11.8. The molecule has 0 atom stereocenters. The fourth-order valence-electron chi connectivity index (χ4n) is 1.99. The zero-order valence-electron chi connectivity index (χ0n) is 14.5. The first kappa shape index (κ1) is 24.7. The van der Waals surface area contributed by atoms with Crippen LogP contribution in [0.2, 0.25) is 0 Å². The molecule has 0 saturated heterocycles. The number of halogens is 2. The third-order valence-electron chi connectivity index (χ3n) is 3.11. The lowest BCUT2D eigenvalue weighted by Crippen LogP contribution is -3.00. The van der Waals surface area contributed by atoms with Crippen LogP contribution in [0.3, 0.4) is 0 Å². The molecule has 2 heterocycles. The summed E-state index contributed by atoms with van der Waals surface area (Å²) in [6, 6.07) is 8.89. The number of pyridine rings is 2. The van der Waals surface area contributed by atoms with Gasteiger partial charge in [0.15, 0.2) is 18.6 Å². The predicted molar refractivity (Wildman–Crippen MR) is 84.3 cm³/mol. The highest BCUT2D eigenvalue weighted by Crippen LogP contribution is 2.01. The summed E-state index contributed by atoms with van der Waals surface area (Å²) < 4.78 is 14.4. The van der Waals surface area contributed by atoms with Gasteiger partial charge in [-0.05, 0) is 19.9 Å². The maximum absolute atomic E-state index is 11.8. The Morgan fingerprint density at radius 1 is 1.15 bits per heavy atom. The van der Waals surface area contributed by atoms with Crippen molar-refractivity contribution in [1.82, 2.24) is 0 Å². The molecule has 2 rings (SSSR count). The van der Waals surface area contributed by atoms with Gasteiger partial charge in [-0.15, -0.1) is 0 Å². The Morgan fingerprint density at radius 3 is 2.46 bits per heavy atom. The van der Waals surface area contributed by atoms with Gasteiger partial charge in [0.2, 0.25) is 5.69 Å². The molecule has 2 aromatic heterocycles. The van der Waals surface area contributed by atoms with E-state index < -0.39 is 0 Å². The Kier molecular flexibility index (Phi) is 12.3. The number of carbonyl (C=O) groups excluding carboxylic acids is 1. The number of carbonyl (C=O) groups is 1. The molecule has 0 bridgehead atoms. The fourth-order valence-corrected chi connectivity index (χ4v) is 1.99. The van der Waals surface area contributed by atoms with E-state index in [9.17, 15) is 4.79 Å².